The molecule has 0 aliphatic heterocycles. The van der Waals surface area contributed by atoms with Gasteiger partial charge in [-0.15, -0.1) is 0 Å². The zero-order valence-corrected chi connectivity index (χ0v) is 21.5. The first-order valence-electron chi connectivity index (χ1n) is 12.3. The van der Waals surface area contributed by atoms with Crippen molar-refractivity contribution in [2.24, 2.45) is 5.73 Å². The molecule has 0 fully saturated rings. The minimum absolute atomic E-state index is 0.275. The van der Waals surface area contributed by atoms with Gasteiger partial charge in [0.05, 0.1) is 11.6 Å². The van der Waals surface area contributed by atoms with Gasteiger partial charge in [-0.25, -0.2) is 0 Å². The third-order valence-corrected chi connectivity index (χ3v) is 5.87. The molecule has 1 atom stereocenters. The van der Waals surface area contributed by atoms with E-state index in [1.54, 1.807) is 12.1 Å². The van der Waals surface area contributed by atoms with E-state index in [0.29, 0.717) is 23.9 Å². The SMILES string of the molecule is C/C=C(/C)N.CCCC[C@H](C)c1nc(-c2ccc3cc(OCc4ccc(C#N)cc4)ccc3c2)no1. The highest BCUT2D eigenvalue weighted by Gasteiger charge is 2.15. The second-order valence-electron chi connectivity index (χ2n) is 8.85. The molecule has 0 bridgehead atoms. The first kappa shape index (κ1) is 26.5. The molecular weight excluding hydrogens is 448 g/mol. The van der Waals surface area contributed by atoms with Gasteiger partial charge < -0.3 is 15.0 Å². The molecule has 4 rings (SSSR count). The smallest absolute Gasteiger partial charge is 0.229 e. The van der Waals surface area contributed by atoms with E-state index < -0.39 is 0 Å². The summed E-state index contributed by atoms with van der Waals surface area (Å²) in [5.74, 6) is 2.41. The Kier molecular flexibility index (Phi) is 9.64. The maximum Gasteiger partial charge on any atom is 0.229 e. The van der Waals surface area contributed by atoms with Crippen molar-refractivity contribution >= 4 is 10.8 Å². The van der Waals surface area contributed by atoms with Crippen LogP contribution in [0.1, 0.15) is 69.9 Å². The summed E-state index contributed by atoms with van der Waals surface area (Å²) in [6.07, 6.45) is 5.24. The number of nitrogens with two attached hydrogens (primary N) is 1. The number of rotatable bonds is 8. The number of unbranched alkanes of at least 4 members (excludes halogenated alkanes) is 1. The largest absolute Gasteiger partial charge is 0.489 e. The van der Waals surface area contributed by atoms with Crippen LogP contribution in [0.3, 0.4) is 0 Å². The standard InChI is InChI=1S/C26H25N3O2.C4H9N/c1-3-4-5-18(2)26-28-25(29-31-26)23-11-10-22-15-24(13-12-21(22)14-23)30-17-20-8-6-19(16-27)7-9-20;1-3-4(2)5/h6-15,18H,3-5,17H2,1-2H3;3H,5H2,1-2H3/b;4-3-/t18-;/m0./s1. The summed E-state index contributed by atoms with van der Waals surface area (Å²) in [5, 5.41) is 15.3. The van der Waals surface area contributed by atoms with Crippen LogP contribution < -0.4 is 10.5 Å². The maximum absolute atomic E-state index is 8.89. The van der Waals surface area contributed by atoms with Gasteiger partial charge in [-0.1, -0.05) is 68.3 Å². The third-order valence-electron chi connectivity index (χ3n) is 5.87. The van der Waals surface area contributed by atoms with Crippen LogP contribution in [-0.4, -0.2) is 10.1 Å². The highest BCUT2D eigenvalue weighted by Crippen LogP contribution is 2.28. The van der Waals surface area contributed by atoms with Crippen molar-refractivity contribution in [1.82, 2.24) is 10.1 Å². The van der Waals surface area contributed by atoms with E-state index in [1.165, 1.54) is 0 Å². The number of ether oxygens (including phenoxy) is 1. The Hall–Kier alpha value is -4.11. The van der Waals surface area contributed by atoms with Crippen LogP contribution in [0.15, 0.2) is 77.0 Å². The van der Waals surface area contributed by atoms with Crippen molar-refractivity contribution in [3.63, 3.8) is 0 Å². The summed E-state index contributed by atoms with van der Waals surface area (Å²) >= 11 is 0. The minimum Gasteiger partial charge on any atom is -0.489 e. The molecule has 0 saturated carbocycles. The average molecular weight is 483 g/mol. The van der Waals surface area contributed by atoms with Crippen molar-refractivity contribution in [3.05, 3.63) is 89.5 Å². The lowest BCUT2D eigenvalue weighted by Gasteiger charge is -2.08. The zero-order chi connectivity index (χ0) is 25.9. The topological polar surface area (TPSA) is 98.0 Å². The highest BCUT2D eigenvalue weighted by molar-refractivity contribution is 5.87. The van der Waals surface area contributed by atoms with Crippen molar-refractivity contribution in [1.29, 1.82) is 5.26 Å². The van der Waals surface area contributed by atoms with Gasteiger partial charge >= 0.3 is 0 Å². The van der Waals surface area contributed by atoms with Gasteiger partial charge in [0.1, 0.15) is 12.4 Å². The van der Waals surface area contributed by atoms with Gasteiger partial charge in [0.25, 0.3) is 0 Å². The number of aromatic nitrogens is 2. The summed E-state index contributed by atoms with van der Waals surface area (Å²) in [4.78, 5) is 4.61. The molecule has 0 radical (unpaired) electrons. The Balaban J connectivity index is 0.000000658. The van der Waals surface area contributed by atoms with Crippen LogP contribution in [0.4, 0.5) is 0 Å². The molecule has 3 aromatic carbocycles. The number of nitrogens with zero attached hydrogens (tertiary/aromatic N) is 3. The number of benzene rings is 3. The lowest BCUT2D eigenvalue weighted by atomic mass is 10.0. The van der Waals surface area contributed by atoms with Gasteiger partial charge in [-0.3, -0.25) is 0 Å². The summed E-state index contributed by atoms with van der Waals surface area (Å²) in [7, 11) is 0. The lowest BCUT2D eigenvalue weighted by molar-refractivity contribution is 0.306. The molecule has 1 heterocycles. The van der Waals surface area contributed by atoms with E-state index in [9.17, 15) is 0 Å². The molecule has 0 spiro atoms. The summed E-state index contributed by atoms with van der Waals surface area (Å²) < 4.78 is 11.4. The molecule has 0 unspecified atom stereocenters. The number of nitriles is 1. The van der Waals surface area contributed by atoms with Crippen molar-refractivity contribution in [2.45, 2.75) is 59.5 Å². The van der Waals surface area contributed by atoms with Gasteiger partial charge in [-0.05, 0) is 66.9 Å². The second-order valence-corrected chi connectivity index (χ2v) is 8.85. The quantitative estimate of drug-likeness (QED) is 0.279. The summed E-state index contributed by atoms with van der Waals surface area (Å²) in [6.45, 7) is 8.55. The van der Waals surface area contributed by atoms with Crippen molar-refractivity contribution in [2.75, 3.05) is 0 Å². The molecule has 0 aliphatic carbocycles. The van der Waals surface area contributed by atoms with E-state index in [4.69, 9.17) is 20.3 Å². The van der Waals surface area contributed by atoms with Crippen LogP contribution in [-0.2, 0) is 6.61 Å². The number of fused-ring (bicyclic) bond motifs is 1. The zero-order valence-electron chi connectivity index (χ0n) is 21.5. The molecule has 1 aromatic heterocycles. The number of hydrogen-bond donors (Lipinski definition) is 1. The van der Waals surface area contributed by atoms with Gasteiger partial charge in [0, 0.05) is 17.2 Å². The predicted molar refractivity (Wildman–Crippen MR) is 144 cm³/mol. The maximum atomic E-state index is 8.89. The summed E-state index contributed by atoms with van der Waals surface area (Å²) in [6, 6.07) is 21.7. The second kappa shape index (κ2) is 13.1. The van der Waals surface area contributed by atoms with E-state index in [-0.39, 0.29) is 5.92 Å². The van der Waals surface area contributed by atoms with Crippen LogP contribution in [0.5, 0.6) is 5.75 Å². The predicted octanol–water partition coefficient (Wildman–Crippen LogP) is 7.50. The van der Waals surface area contributed by atoms with Gasteiger partial charge in [0.2, 0.25) is 11.7 Å². The van der Waals surface area contributed by atoms with Crippen LogP contribution >= 0.6 is 0 Å². The van der Waals surface area contributed by atoms with Crippen molar-refractivity contribution in [3.8, 4) is 23.2 Å². The Labute approximate surface area is 213 Å². The monoisotopic (exact) mass is 482 g/mol. The van der Waals surface area contributed by atoms with E-state index in [0.717, 1.165) is 52.6 Å². The Morgan fingerprint density at radius 3 is 2.47 bits per heavy atom. The van der Waals surface area contributed by atoms with Crippen LogP contribution in [0.25, 0.3) is 22.2 Å². The van der Waals surface area contributed by atoms with E-state index in [1.807, 2.05) is 56.3 Å². The number of allylic oxidation sites excluding steroid dienone is 2. The molecule has 6 nitrogen and oxygen atoms in total. The van der Waals surface area contributed by atoms with E-state index in [2.05, 4.69) is 42.2 Å². The van der Waals surface area contributed by atoms with E-state index >= 15 is 0 Å². The van der Waals surface area contributed by atoms with Gasteiger partial charge in [0.15, 0.2) is 0 Å². The number of hydrogen-bond acceptors (Lipinski definition) is 6. The Morgan fingerprint density at radius 1 is 1.11 bits per heavy atom. The third kappa shape index (κ3) is 7.44. The lowest BCUT2D eigenvalue weighted by Crippen LogP contribution is -1.95. The molecule has 0 amide bonds. The fourth-order valence-electron chi connectivity index (χ4n) is 3.48. The Bertz CT molecular complexity index is 1330. The van der Waals surface area contributed by atoms with Crippen molar-refractivity contribution < 1.29 is 9.26 Å². The van der Waals surface area contributed by atoms with Crippen LogP contribution in [0, 0.1) is 11.3 Å². The molecule has 2 N–H and O–H groups in total. The molecule has 186 valence electrons. The van der Waals surface area contributed by atoms with Gasteiger partial charge in [-0.2, -0.15) is 10.2 Å². The molecule has 0 aliphatic rings. The average Bonchev–Trinajstić information content (AvgIpc) is 3.41. The molecule has 4 aromatic rings. The van der Waals surface area contributed by atoms with Crippen LogP contribution in [0.2, 0.25) is 0 Å². The molecule has 6 heteroatoms. The molecular formula is C30H34N4O2. The highest BCUT2D eigenvalue weighted by atomic mass is 16.5. The normalized spacial score (nSPS) is 11.9. The first-order valence-corrected chi connectivity index (χ1v) is 12.3. The summed E-state index contributed by atoms with van der Waals surface area (Å²) in [5.41, 5.74) is 8.64. The first-order chi connectivity index (χ1) is 17.4. The fraction of sp³-hybridized carbons (Fsp3) is 0.300. The fourth-order valence-corrected chi connectivity index (χ4v) is 3.48. The molecule has 0 saturated heterocycles. The Morgan fingerprint density at radius 2 is 1.81 bits per heavy atom. The minimum atomic E-state index is 0.275. The molecule has 36 heavy (non-hydrogen) atoms.